The Bertz CT molecular complexity index is 523. The maximum absolute atomic E-state index is 11.7. The minimum absolute atomic E-state index is 0.0427. The van der Waals surface area contributed by atoms with E-state index in [-0.39, 0.29) is 5.91 Å². The maximum atomic E-state index is 11.7. The van der Waals surface area contributed by atoms with Gasteiger partial charge in [0.05, 0.1) is 0 Å². The summed E-state index contributed by atoms with van der Waals surface area (Å²) < 4.78 is 5.94. The predicted molar refractivity (Wildman–Crippen MR) is 113 cm³/mol. The van der Waals surface area contributed by atoms with Gasteiger partial charge in [-0.05, 0) is 0 Å². The van der Waals surface area contributed by atoms with Crippen molar-refractivity contribution in [2.45, 2.75) is 86.5 Å². The number of carbonyl (C=O) groups excluding carboxylic acids is 1. The Hall–Kier alpha value is -0.581. The van der Waals surface area contributed by atoms with Gasteiger partial charge in [0, 0.05) is 0 Å². The van der Waals surface area contributed by atoms with Gasteiger partial charge >= 0.3 is 160 Å². The summed E-state index contributed by atoms with van der Waals surface area (Å²) in [6, 6.07) is 2.39. The molecule has 0 aliphatic heterocycles. The van der Waals surface area contributed by atoms with E-state index in [1.165, 1.54) is 51.8 Å². The van der Waals surface area contributed by atoms with E-state index in [4.69, 9.17) is 4.98 Å². The normalized spacial score (nSPS) is 11.6. The standard InChI is InChI=1S/C9H11N2O.3C4H9.Sn/c1-7-5-4-6-10-9(7)11(3)8(2)12;3*1-3-4-2;/h5-6H,1-3H3;3*1,3-4H2,2H3;. The van der Waals surface area contributed by atoms with E-state index in [0.29, 0.717) is 0 Å². The summed E-state index contributed by atoms with van der Waals surface area (Å²) in [7, 11) is 1.82. The zero-order valence-electron chi connectivity index (χ0n) is 17.3. The Morgan fingerprint density at radius 1 is 1.04 bits per heavy atom. The Morgan fingerprint density at radius 3 is 1.88 bits per heavy atom. The Kier molecular flexibility index (Phi) is 10.1. The van der Waals surface area contributed by atoms with Gasteiger partial charge in [0.2, 0.25) is 0 Å². The van der Waals surface area contributed by atoms with Crippen LogP contribution in [0.3, 0.4) is 0 Å². The van der Waals surface area contributed by atoms with Crippen molar-refractivity contribution in [3.63, 3.8) is 0 Å². The van der Waals surface area contributed by atoms with Crippen LogP contribution in [0.5, 0.6) is 0 Å². The van der Waals surface area contributed by atoms with Crippen molar-refractivity contribution < 1.29 is 4.79 Å². The van der Waals surface area contributed by atoms with Crippen molar-refractivity contribution in [1.29, 1.82) is 0 Å². The molecule has 3 nitrogen and oxygen atoms in total. The number of hydrogen-bond donors (Lipinski definition) is 0. The minimum atomic E-state index is -2.42. The van der Waals surface area contributed by atoms with Gasteiger partial charge in [-0.15, -0.1) is 0 Å². The van der Waals surface area contributed by atoms with Gasteiger partial charge in [-0.25, -0.2) is 0 Å². The molecule has 142 valence electrons. The van der Waals surface area contributed by atoms with Crippen LogP contribution in [-0.2, 0) is 4.79 Å². The van der Waals surface area contributed by atoms with Gasteiger partial charge < -0.3 is 0 Å². The quantitative estimate of drug-likeness (QED) is 0.419. The van der Waals surface area contributed by atoms with Crippen molar-refractivity contribution in [3.05, 3.63) is 17.8 Å². The number of aryl methyl sites for hydroxylation is 1. The first-order valence-electron chi connectivity index (χ1n) is 10.1. The molecule has 0 unspecified atom stereocenters. The molecule has 1 heterocycles. The van der Waals surface area contributed by atoms with Crippen molar-refractivity contribution in [2.75, 3.05) is 11.9 Å². The summed E-state index contributed by atoms with van der Waals surface area (Å²) in [5, 5.41) is 0. The molecule has 0 radical (unpaired) electrons. The molecule has 0 aliphatic rings. The number of anilines is 1. The summed E-state index contributed by atoms with van der Waals surface area (Å²) in [5.41, 5.74) is 1.15. The van der Waals surface area contributed by atoms with Gasteiger partial charge in [-0.1, -0.05) is 0 Å². The molecule has 0 aliphatic carbocycles. The predicted octanol–water partition coefficient (Wildman–Crippen LogP) is 5.43. The molecule has 4 heteroatoms. The number of nitrogens with zero attached hydrogens (tertiary/aromatic N) is 2. The first-order valence-corrected chi connectivity index (χ1v) is 17.6. The second kappa shape index (κ2) is 11.2. The zero-order chi connectivity index (χ0) is 18.9. The second-order valence-electron chi connectivity index (χ2n) is 7.53. The van der Waals surface area contributed by atoms with Gasteiger partial charge in [-0.3, -0.25) is 0 Å². The molecule has 0 fully saturated rings. The van der Waals surface area contributed by atoms with Crippen LogP contribution in [0.15, 0.2) is 12.3 Å². The third kappa shape index (κ3) is 6.26. The van der Waals surface area contributed by atoms with E-state index >= 15 is 0 Å². The van der Waals surface area contributed by atoms with Crippen molar-refractivity contribution >= 4 is 33.7 Å². The molecule has 0 bridgehead atoms. The van der Waals surface area contributed by atoms with Crippen LogP contribution < -0.4 is 8.48 Å². The molecule has 1 rings (SSSR count). The number of unbranched alkanes of at least 4 members (excludes halogenated alkanes) is 3. The molecule has 25 heavy (non-hydrogen) atoms. The van der Waals surface area contributed by atoms with E-state index < -0.39 is 18.4 Å². The fourth-order valence-electron chi connectivity index (χ4n) is 3.71. The first kappa shape index (κ1) is 22.5. The number of hydrogen-bond acceptors (Lipinski definition) is 2. The molecule has 1 aromatic rings. The van der Waals surface area contributed by atoms with E-state index in [0.717, 1.165) is 11.4 Å². The van der Waals surface area contributed by atoms with Crippen LogP contribution >= 0.6 is 0 Å². The third-order valence-electron chi connectivity index (χ3n) is 5.48. The summed E-state index contributed by atoms with van der Waals surface area (Å²) >= 11 is -2.42. The van der Waals surface area contributed by atoms with E-state index in [2.05, 4.69) is 40.0 Å². The van der Waals surface area contributed by atoms with Gasteiger partial charge in [0.1, 0.15) is 0 Å². The van der Waals surface area contributed by atoms with Crippen LogP contribution in [0.1, 0.15) is 71.8 Å². The third-order valence-corrected chi connectivity index (χ3v) is 21.0. The molecule has 0 aromatic carbocycles. The monoisotopic (exact) mass is 454 g/mol. The molecular formula is C21H38N2OSn. The summed E-state index contributed by atoms with van der Waals surface area (Å²) in [6.45, 7) is 10.6. The van der Waals surface area contributed by atoms with E-state index in [1.54, 1.807) is 15.4 Å². The van der Waals surface area contributed by atoms with Crippen molar-refractivity contribution in [3.8, 4) is 0 Å². The number of amides is 1. The number of aromatic nitrogens is 1. The van der Waals surface area contributed by atoms with Gasteiger partial charge in [0.15, 0.2) is 0 Å². The number of pyridine rings is 1. The Balaban J connectivity index is 3.26. The molecule has 0 saturated carbocycles. The van der Waals surface area contributed by atoms with Gasteiger partial charge in [-0.2, -0.15) is 0 Å². The van der Waals surface area contributed by atoms with Crippen LogP contribution in [0, 0.1) is 6.92 Å². The molecule has 0 spiro atoms. The van der Waals surface area contributed by atoms with Crippen LogP contribution in [0.2, 0.25) is 13.3 Å². The molecule has 0 atom stereocenters. The van der Waals surface area contributed by atoms with Crippen molar-refractivity contribution in [2.24, 2.45) is 0 Å². The Labute approximate surface area is 159 Å². The zero-order valence-corrected chi connectivity index (χ0v) is 20.2. The fourth-order valence-corrected chi connectivity index (χ4v) is 19.6. The SMILES string of the molecule is CCC[CH2][Sn]([CH2]CCC)([CH2]CCC)[c]1cnc(N(C)C(C)=O)c(C)c1. The average molecular weight is 453 g/mol. The summed E-state index contributed by atoms with van der Waals surface area (Å²) in [5.74, 6) is 0.860. The molecule has 0 N–H and O–H groups in total. The number of rotatable bonds is 11. The molecule has 1 aromatic heterocycles. The Morgan fingerprint density at radius 2 is 1.52 bits per heavy atom. The van der Waals surface area contributed by atoms with E-state index in [9.17, 15) is 4.79 Å². The average Bonchev–Trinajstić information content (AvgIpc) is 2.60. The van der Waals surface area contributed by atoms with Crippen molar-refractivity contribution in [1.82, 2.24) is 4.98 Å². The first-order chi connectivity index (χ1) is 11.9. The second-order valence-corrected chi connectivity index (χ2v) is 20.8. The molecular weight excluding hydrogens is 415 g/mol. The van der Waals surface area contributed by atoms with Crippen LogP contribution in [-0.4, -0.2) is 36.3 Å². The van der Waals surface area contributed by atoms with Crippen LogP contribution in [0.25, 0.3) is 0 Å². The van der Waals surface area contributed by atoms with Crippen LogP contribution in [0.4, 0.5) is 5.82 Å². The summed E-state index contributed by atoms with van der Waals surface area (Å²) in [6.07, 6.45) is 10.1. The fraction of sp³-hybridized carbons (Fsp3) is 0.714. The van der Waals surface area contributed by atoms with E-state index in [1.807, 2.05) is 7.05 Å². The summed E-state index contributed by atoms with van der Waals surface area (Å²) in [4.78, 5) is 18.1. The van der Waals surface area contributed by atoms with Gasteiger partial charge in [0.25, 0.3) is 0 Å². The topological polar surface area (TPSA) is 33.2 Å². The molecule has 1 amide bonds. The number of carbonyl (C=O) groups is 1. The molecule has 0 saturated heterocycles.